The normalized spacial score (nSPS) is 24.7. The molecule has 0 aliphatic heterocycles. The van der Waals surface area contributed by atoms with E-state index in [-0.39, 0.29) is 0 Å². The molecule has 1 heterocycles. The van der Waals surface area contributed by atoms with Gasteiger partial charge < -0.3 is 5.32 Å². The van der Waals surface area contributed by atoms with E-state index in [1.165, 1.54) is 18.5 Å². The van der Waals surface area contributed by atoms with Crippen LogP contribution < -0.4 is 5.32 Å². The highest BCUT2D eigenvalue weighted by atomic mass is 15.2. The van der Waals surface area contributed by atoms with Crippen molar-refractivity contribution in [2.24, 2.45) is 5.41 Å². The van der Waals surface area contributed by atoms with Crippen molar-refractivity contribution in [1.29, 1.82) is 0 Å². The van der Waals surface area contributed by atoms with Crippen LogP contribution in [-0.4, -0.2) is 35.1 Å². The zero-order valence-corrected chi connectivity index (χ0v) is 14.3. The minimum absolute atomic E-state index is 0.383. The molecule has 2 atom stereocenters. The zero-order chi connectivity index (χ0) is 15.5. The monoisotopic (exact) mass is 289 g/mol. The Balaban J connectivity index is 2.13. The number of aromatic nitrogens is 1. The Kier molecular flexibility index (Phi) is 5.39. The first-order chi connectivity index (χ1) is 9.97. The molecule has 0 aromatic carbocycles. The highest BCUT2D eigenvalue weighted by molar-refractivity contribution is 5.11. The van der Waals surface area contributed by atoms with Crippen molar-refractivity contribution in [1.82, 2.24) is 15.2 Å². The Hall–Kier alpha value is -0.930. The van der Waals surface area contributed by atoms with Crippen molar-refractivity contribution in [2.75, 3.05) is 13.1 Å². The van der Waals surface area contributed by atoms with E-state index in [1.54, 1.807) is 0 Å². The van der Waals surface area contributed by atoms with Crippen molar-refractivity contribution in [3.63, 3.8) is 0 Å². The van der Waals surface area contributed by atoms with Crippen LogP contribution in [0.4, 0.5) is 0 Å². The van der Waals surface area contributed by atoms with Crippen molar-refractivity contribution >= 4 is 0 Å². The van der Waals surface area contributed by atoms with E-state index in [9.17, 15) is 0 Å². The number of rotatable bonds is 6. The van der Waals surface area contributed by atoms with Crippen LogP contribution in [0, 0.1) is 12.3 Å². The van der Waals surface area contributed by atoms with Gasteiger partial charge in [0.2, 0.25) is 0 Å². The van der Waals surface area contributed by atoms with Gasteiger partial charge in [-0.2, -0.15) is 0 Å². The maximum absolute atomic E-state index is 4.68. The minimum Gasteiger partial charge on any atom is -0.312 e. The average Bonchev–Trinajstić information content (AvgIpc) is 2.73. The van der Waals surface area contributed by atoms with Gasteiger partial charge >= 0.3 is 0 Å². The van der Waals surface area contributed by atoms with Crippen LogP contribution in [0.25, 0.3) is 0 Å². The summed E-state index contributed by atoms with van der Waals surface area (Å²) in [4.78, 5) is 7.28. The SMILES string of the molecule is CCNC1C(N(CC)Cc2cccc(C)n2)CCC1(C)C. The molecule has 0 spiro atoms. The smallest absolute Gasteiger partial charge is 0.0547 e. The minimum atomic E-state index is 0.383. The van der Waals surface area contributed by atoms with Crippen molar-refractivity contribution in [3.8, 4) is 0 Å². The molecule has 0 saturated heterocycles. The second-order valence-corrected chi connectivity index (χ2v) is 6.96. The highest BCUT2D eigenvalue weighted by Crippen LogP contribution is 2.40. The lowest BCUT2D eigenvalue weighted by Crippen LogP contribution is -2.51. The lowest BCUT2D eigenvalue weighted by Gasteiger charge is -2.37. The molecule has 1 N–H and O–H groups in total. The topological polar surface area (TPSA) is 28.2 Å². The van der Waals surface area contributed by atoms with Gasteiger partial charge in [0, 0.05) is 24.3 Å². The lowest BCUT2D eigenvalue weighted by molar-refractivity contribution is 0.143. The Morgan fingerprint density at radius 3 is 2.71 bits per heavy atom. The molecule has 0 amide bonds. The Morgan fingerprint density at radius 1 is 1.33 bits per heavy atom. The second-order valence-electron chi connectivity index (χ2n) is 6.96. The number of hydrogen-bond donors (Lipinski definition) is 1. The lowest BCUT2D eigenvalue weighted by atomic mass is 9.86. The molecule has 0 bridgehead atoms. The van der Waals surface area contributed by atoms with Gasteiger partial charge in [-0.15, -0.1) is 0 Å². The van der Waals surface area contributed by atoms with Crippen LogP contribution in [0.3, 0.4) is 0 Å². The Bertz CT molecular complexity index is 456. The summed E-state index contributed by atoms with van der Waals surface area (Å²) in [6, 6.07) is 7.53. The molecule has 0 radical (unpaired) electrons. The van der Waals surface area contributed by atoms with Gasteiger partial charge in [0.15, 0.2) is 0 Å². The fourth-order valence-corrected chi connectivity index (χ4v) is 3.75. The standard InChI is InChI=1S/C18H31N3/c1-6-19-17-16(11-12-18(17,4)5)21(7-2)13-15-10-8-9-14(3)20-15/h8-10,16-17,19H,6-7,11-13H2,1-5H3. The van der Waals surface area contributed by atoms with Gasteiger partial charge in [-0.1, -0.05) is 33.8 Å². The largest absolute Gasteiger partial charge is 0.312 e. The molecule has 1 aliphatic carbocycles. The van der Waals surface area contributed by atoms with Crippen molar-refractivity contribution < 1.29 is 0 Å². The third-order valence-electron chi connectivity index (χ3n) is 4.92. The maximum atomic E-state index is 4.68. The molecule has 1 aromatic heterocycles. The van der Waals surface area contributed by atoms with Crippen molar-refractivity contribution in [2.45, 2.75) is 66.1 Å². The number of pyridine rings is 1. The zero-order valence-electron chi connectivity index (χ0n) is 14.3. The fraction of sp³-hybridized carbons (Fsp3) is 0.722. The van der Waals surface area contributed by atoms with E-state index < -0.39 is 0 Å². The summed E-state index contributed by atoms with van der Waals surface area (Å²) in [7, 11) is 0. The summed E-state index contributed by atoms with van der Waals surface area (Å²) in [5.41, 5.74) is 2.68. The molecule has 1 saturated carbocycles. The molecular formula is C18H31N3. The second kappa shape index (κ2) is 6.89. The Labute approximate surface area is 130 Å². The number of nitrogens with one attached hydrogen (secondary N) is 1. The van der Waals surface area contributed by atoms with E-state index in [0.717, 1.165) is 25.3 Å². The van der Waals surface area contributed by atoms with Crippen LogP contribution in [0.1, 0.15) is 51.9 Å². The molecule has 3 heteroatoms. The quantitative estimate of drug-likeness (QED) is 0.870. The Morgan fingerprint density at radius 2 is 2.10 bits per heavy atom. The van der Waals surface area contributed by atoms with Gasteiger partial charge in [0.25, 0.3) is 0 Å². The van der Waals surface area contributed by atoms with E-state index in [0.29, 0.717) is 17.5 Å². The van der Waals surface area contributed by atoms with E-state index in [4.69, 9.17) is 0 Å². The van der Waals surface area contributed by atoms with Gasteiger partial charge in [0.1, 0.15) is 0 Å². The first kappa shape index (κ1) is 16.4. The third-order valence-corrected chi connectivity index (χ3v) is 4.92. The van der Waals surface area contributed by atoms with Crippen LogP contribution in [0.2, 0.25) is 0 Å². The number of likely N-dealkylation sites (N-methyl/N-ethyl adjacent to an activating group) is 2. The van der Waals surface area contributed by atoms with Crippen LogP contribution in [-0.2, 0) is 6.54 Å². The summed E-state index contributed by atoms with van der Waals surface area (Å²) in [5.74, 6) is 0. The van der Waals surface area contributed by atoms with Gasteiger partial charge in [-0.25, -0.2) is 0 Å². The molecule has 21 heavy (non-hydrogen) atoms. The molecule has 118 valence electrons. The number of hydrogen-bond acceptors (Lipinski definition) is 3. The third kappa shape index (κ3) is 3.83. The first-order valence-corrected chi connectivity index (χ1v) is 8.38. The maximum Gasteiger partial charge on any atom is 0.0547 e. The number of aryl methyl sites for hydroxylation is 1. The van der Waals surface area contributed by atoms with E-state index in [2.05, 4.69) is 68.0 Å². The molecule has 3 nitrogen and oxygen atoms in total. The van der Waals surface area contributed by atoms with Gasteiger partial charge in [-0.3, -0.25) is 9.88 Å². The van der Waals surface area contributed by atoms with Gasteiger partial charge in [0.05, 0.1) is 5.69 Å². The predicted molar refractivity (Wildman–Crippen MR) is 89.3 cm³/mol. The van der Waals surface area contributed by atoms with E-state index in [1.807, 2.05) is 0 Å². The summed E-state index contributed by atoms with van der Waals surface area (Å²) >= 11 is 0. The summed E-state index contributed by atoms with van der Waals surface area (Å²) in [6.45, 7) is 14.4. The molecule has 1 aliphatic rings. The molecule has 1 aromatic rings. The number of nitrogens with zero attached hydrogens (tertiary/aromatic N) is 2. The molecule has 2 rings (SSSR count). The predicted octanol–water partition coefficient (Wildman–Crippen LogP) is 3.38. The fourth-order valence-electron chi connectivity index (χ4n) is 3.75. The highest BCUT2D eigenvalue weighted by Gasteiger charge is 2.43. The van der Waals surface area contributed by atoms with E-state index >= 15 is 0 Å². The van der Waals surface area contributed by atoms with Crippen molar-refractivity contribution in [3.05, 3.63) is 29.6 Å². The molecular weight excluding hydrogens is 258 g/mol. The molecule has 2 unspecified atom stereocenters. The summed E-state index contributed by atoms with van der Waals surface area (Å²) < 4.78 is 0. The van der Waals surface area contributed by atoms with Gasteiger partial charge in [-0.05, 0) is 50.4 Å². The van der Waals surface area contributed by atoms with Crippen LogP contribution >= 0.6 is 0 Å². The van der Waals surface area contributed by atoms with Crippen LogP contribution in [0.15, 0.2) is 18.2 Å². The van der Waals surface area contributed by atoms with Crippen LogP contribution in [0.5, 0.6) is 0 Å². The first-order valence-electron chi connectivity index (χ1n) is 8.38. The summed E-state index contributed by atoms with van der Waals surface area (Å²) in [5, 5.41) is 3.73. The average molecular weight is 289 g/mol. The summed E-state index contributed by atoms with van der Waals surface area (Å²) in [6.07, 6.45) is 2.58. The molecule has 1 fully saturated rings.